The number of hydrogen-bond acceptors (Lipinski definition) is 2. The topological polar surface area (TPSA) is 18.5 Å². The summed E-state index contributed by atoms with van der Waals surface area (Å²) in [4.78, 5) is 0. The molecule has 0 spiro atoms. The minimum atomic E-state index is -0.00680. The van der Waals surface area contributed by atoms with Crippen LogP contribution in [0, 0.1) is 20.8 Å². The normalized spacial score (nSPS) is 12.2. The largest absolute Gasteiger partial charge is 0.353 e. The van der Waals surface area contributed by atoms with Crippen LogP contribution in [0.15, 0.2) is 18.2 Å². The molecule has 28 heavy (non-hydrogen) atoms. The number of ether oxygens (including phenoxy) is 2. The van der Waals surface area contributed by atoms with E-state index in [9.17, 15) is 0 Å². The maximum absolute atomic E-state index is 5.59. The number of allylic oxidation sites excluding steroid dienone is 2. The molecule has 0 fully saturated rings. The monoisotopic (exact) mass is 518 g/mol. The number of benzene rings is 1. The highest BCUT2D eigenvalue weighted by atomic mass is 127. The lowest BCUT2D eigenvalue weighted by Gasteiger charge is -2.16. The van der Waals surface area contributed by atoms with Crippen molar-refractivity contribution in [2.45, 2.75) is 92.3 Å². The van der Waals surface area contributed by atoms with Gasteiger partial charge in [0.15, 0.2) is 6.29 Å². The summed E-state index contributed by atoms with van der Waals surface area (Å²) in [6.45, 7) is 12.4. The molecule has 1 aromatic carbocycles. The van der Waals surface area contributed by atoms with Crippen LogP contribution in [0.25, 0.3) is 0 Å². The van der Waals surface area contributed by atoms with Crippen LogP contribution in [0.2, 0.25) is 0 Å². The van der Waals surface area contributed by atoms with Crippen molar-refractivity contribution in [3.8, 4) is 0 Å². The number of hydrogen-bond donors (Lipinski definition) is 0. The molecular weight excluding hydrogens is 478 g/mol. The van der Waals surface area contributed by atoms with E-state index >= 15 is 0 Å². The van der Waals surface area contributed by atoms with Crippen LogP contribution in [0.5, 0.6) is 0 Å². The smallest absolute Gasteiger partial charge is 0.157 e. The van der Waals surface area contributed by atoms with E-state index in [0.717, 1.165) is 25.9 Å². The van der Waals surface area contributed by atoms with E-state index in [4.69, 9.17) is 9.47 Å². The first kappa shape index (κ1) is 26.1. The third-order valence-electron chi connectivity index (χ3n) is 5.43. The molecule has 0 saturated heterocycles. The van der Waals surface area contributed by atoms with Gasteiger partial charge in [-0.2, -0.15) is 0 Å². The predicted octanol–water partition coefficient (Wildman–Crippen LogP) is 7.49. The first-order valence-corrected chi connectivity index (χ1v) is 15.0. The molecule has 0 aliphatic carbocycles. The van der Waals surface area contributed by atoms with Gasteiger partial charge in [-0.3, -0.25) is 0 Å². The van der Waals surface area contributed by atoms with Crippen LogP contribution in [0.1, 0.15) is 81.0 Å². The fourth-order valence-corrected chi connectivity index (χ4v) is 5.69. The van der Waals surface area contributed by atoms with E-state index in [1.165, 1.54) is 66.9 Å². The highest BCUT2D eigenvalue weighted by Gasteiger charge is 2.09. The van der Waals surface area contributed by atoms with Crippen LogP contribution in [0.4, 0.5) is 0 Å². The lowest BCUT2D eigenvalue weighted by Crippen LogP contribution is -2.17. The van der Waals surface area contributed by atoms with Crippen molar-refractivity contribution in [3.05, 3.63) is 40.5 Å². The van der Waals surface area contributed by atoms with Crippen molar-refractivity contribution in [2.75, 3.05) is 13.2 Å². The van der Waals surface area contributed by atoms with E-state index in [2.05, 4.69) is 61.0 Å². The van der Waals surface area contributed by atoms with Crippen LogP contribution < -0.4 is 5.30 Å². The lowest BCUT2D eigenvalue weighted by molar-refractivity contribution is -0.140. The molecule has 0 amide bonds. The standard InChI is InChI=1S/C24H40IO2P/c1-6-26-24(27-7-2)17-15-13-11-9-8-10-12-14-16-22-18-23(28-25)21(5)19(3)20(22)4/h8,10,18,24,28H,6-7,9,11-17H2,1-5H3/b10-8-. The van der Waals surface area contributed by atoms with E-state index in [1.807, 2.05) is 13.8 Å². The Hall–Kier alpha value is 0.0400. The van der Waals surface area contributed by atoms with Gasteiger partial charge in [-0.1, -0.05) is 46.7 Å². The molecule has 1 rings (SSSR count). The van der Waals surface area contributed by atoms with Gasteiger partial charge in [0.2, 0.25) is 0 Å². The van der Waals surface area contributed by atoms with Crippen molar-refractivity contribution in [1.29, 1.82) is 0 Å². The van der Waals surface area contributed by atoms with Gasteiger partial charge in [0.05, 0.1) is 0 Å². The molecule has 4 heteroatoms. The van der Waals surface area contributed by atoms with Crippen LogP contribution >= 0.6 is 28.3 Å². The molecule has 0 N–H and O–H groups in total. The average molecular weight is 518 g/mol. The Morgan fingerprint density at radius 2 is 1.54 bits per heavy atom. The van der Waals surface area contributed by atoms with Gasteiger partial charge >= 0.3 is 0 Å². The fraction of sp³-hybridized carbons (Fsp3) is 0.667. The highest BCUT2D eigenvalue weighted by Crippen LogP contribution is 2.27. The second kappa shape index (κ2) is 15.8. The second-order valence-corrected chi connectivity index (χ2v) is 9.74. The molecule has 0 bridgehead atoms. The van der Waals surface area contributed by atoms with Crippen LogP contribution in [-0.2, 0) is 15.9 Å². The molecule has 0 radical (unpaired) electrons. The average Bonchev–Trinajstić information content (AvgIpc) is 2.69. The van der Waals surface area contributed by atoms with Crippen molar-refractivity contribution in [3.63, 3.8) is 0 Å². The van der Waals surface area contributed by atoms with E-state index in [-0.39, 0.29) is 6.29 Å². The number of rotatable bonds is 15. The molecule has 1 unspecified atom stereocenters. The minimum Gasteiger partial charge on any atom is -0.353 e. The summed E-state index contributed by atoms with van der Waals surface area (Å²) in [5, 5.41) is 1.53. The highest BCUT2D eigenvalue weighted by molar-refractivity contribution is 14.2. The predicted molar refractivity (Wildman–Crippen MR) is 135 cm³/mol. The summed E-state index contributed by atoms with van der Waals surface area (Å²) in [6.07, 6.45) is 15.1. The van der Waals surface area contributed by atoms with Gasteiger partial charge in [0.25, 0.3) is 0 Å². The zero-order chi connectivity index (χ0) is 20.8. The summed E-state index contributed by atoms with van der Waals surface area (Å²) in [7, 11) is 0. The van der Waals surface area contributed by atoms with Crippen LogP contribution in [-0.4, -0.2) is 19.5 Å². The van der Waals surface area contributed by atoms with Gasteiger partial charge in [0.1, 0.15) is 0 Å². The maximum Gasteiger partial charge on any atom is 0.157 e. The zero-order valence-electron chi connectivity index (χ0n) is 18.6. The molecule has 0 aliphatic rings. The molecule has 0 aromatic heterocycles. The fourth-order valence-electron chi connectivity index (χ4n) is 3.46. The number of halogens is 1. The first-order valence-electron chi connectivity index (χ1n) is 10.9. The van der Waals surface area contributed by atoms with Crippen LogP contribution in [0.3, 0.4) is 0 Å². The maximum atomic E-state index is 5.59. The Balaban J connectivity index is 2.20. The van der Waals surface area contributed by atoms with E-state index < -0.39 is 0 Å². The van der Waals surface area contributed by atoms with Gasteiger partial charge in [-0.25, -0.2) is 0 Å². The first-order chi connectivity index (χ1) is 13.5. The zero-order valence-corrected chi connectivity index (χ0v) is 21.7. The van der Waals surface area contributed by atoms with Gasteiger partial charge in [-0.05, 0) is 113 Å². The quantitative estimate of drug-likeness (QED) is 0.0788. The third-order valence-corrected chi connectivity index (χ3v) is 7.90. The summed E-state index contributed by atoms with van der Waals surface area (Å²) < 4.78 is 11.2. The van der Waals surface area contributed by atoms with Gasteiger partial charge < -0.3 is 9.47 Å². The second-order valence-electron chi connectivity index (χ2n) is 7.39. The number of unbranched alkanes of at least 4 members (excludes halogenated alkanes) is 4. The molecule has 160 valence electrons. The lowest BCUT2D eigenvalue weighted by atomic mass is 9.95. The third kappa shape index (κ3) is 9.69. The SMILES string of the molecule is CCOC(CCCCC/C=C\CCCc1cc(PI)c(C)c(C)c1C)OCC. The molecule has 1 atom stereocenters. The summed E-state index contributed by atoms with van der Waals surface area (Å²) in [6, 6.07) is 2.45. The Kier molecular flexibility index (Phi) is 14.7. The molecular formula is C24H40IO2P. The summed E-state index contributed by atoms with van der Waals surface area (Å²) >= 11 is 2.51. The van der Waals surface area contributed by atoms with Crippen molar-refractivity contribution < 1.29 is 9.47 Å². The van der Waals surface area contributed by atoms with Gasteiger partial charge in [0, 0.05) is 13.2 Å². The Labute approximate surface area is 188 Å². The Morgan fingerprint density at radius 3 is 2.14 bits per heavy atom. The summed E-state index contributed by atoms with van der Waals surface area (Å²) in [5.41, 5.74) is 6.02. The molecule has 0 aliphatic heterocycles. The number of aryl methyl sites for hydroxylation is 1. The summed E-state index contributed by atoms with van der Waals surface area (Å²) in [5.74, 6) is 0. The van der Waals surface area contributed by atoms with Gasteiger partial charge in [-0.15, -0.1) is 0 Å². The molecule has 1 aromatic rings. The minimum absolute atomic E-state index is 0.00680. The molecule has 0 saturated carbocycles. The van der Waals surface area contributed by atoms with E-state index in [1.54, 1.807) is 5.56 Å². The van der Waals surface area contributed by atoms with Crippen molar-refractivity contribution in [2.24, 2.45) is 0 Å². The van der Waals surface area contributed by atoms with E-state index in [0.29, 0.717) is 0 Å². The van der Waals surface area contributed by atoms with Crippen molar-refractivity contribution in [1.82, 2.24) is 0 Å². The van der Waals surface area contributed by atoms with Crippen molar-refractivity contribution >= 4 is 33.6 Å². The molecule has 2 nitrogen and oxygen atoms in total. The Bertz CT molecular complexity index is 580. The Morgan fingerprint density at radius 1 is 0.893 bits per heavy atom. The molecule has 0 heterocycles.